The molecule has 0 unspecified atom stereocenters. The molecule has 1 N–H and O–H groups in total. The van der Waals surface area contributed by atoms with Gasteiger partial charge in [-0.05, 0) is 25.2 Å². The van der Waals surface area contributed by atoms with Gasteiger partial charge in [-0.15, -0.1) is 0 Å². The molecule has 2 heterocycles. The molecule has 0 bridgehead atoms. The second kappa shape index (κ2) is 9.11. The average molecular weight is 397 g/mol. The minimum Gasteiger partial charge on any atom is -0.379 e. The fourth-order valence-electron chi connectivity index (χ4n) is 3.23. The molecule has 2 saturated heterocycles. The highest BCUT2D eigenvalue weighted by Crippen LogP contribution is 2.18. The van der Waals surface area contributed by atoms with Crippen molar-refractivity contribution in [1.29, 1.82) is 0 Å². The summed E-state index contributed by atoms with van der Waals surface area (Å²) in [5.74, 6) is -0.251. The lowest BCUT2D eigenvalue weighted by Crippen LogP contribution is -2.47. The van der Waals surface area contributed by atoms with E-state index in [1.54, 1.807) is 18.2 Å². The summed E-state index contributed by atoms with van der Waals surface area (Å²) in [5, 5.41) is 2.87. The Kier molecular flexibility index (Phi) is 6.83. The molecule has 2 aliphatic rings. The number of benzene rings is 1. The van der Waals surface area contributed by atoms with Crippen molar-refractivity contribution in [3.8, 4) is 0 Å². The summed E-state index contributed by atoms with van der Waals surface area (Å²) in [7, 11) is -1.60. The molecule has 0 aliphatic carbocycles. The van der Waals surface area contributed by atoms with Crippen LogP contribution in [0, 0.1) is 0 Å². The number of rotatable bonds is 6. The van der Waals surface area contributed by atoms with Crippen LogP contribution < -0.4 is 5.32 Å². The monoisotopic (exact) mass is 396 g/mol. The van der Waals surface area contributed by atoms with E-state index in [-0.39, 0.29) is 10.8 Å². The van der Waals surface area contributed by atoms with Crippen molar-refractivity contribution in [2.45, 2.75) is 4.90 Å². The molecular weight excluding hydrogens is 368 g/mol. The summed E-state index contributed by atoms with van der Waals surface area (Å²) < 4.78 is 32.5. The van der Waals surface area contributed by atoms with Gasteiger partial charge in [0.25, 0.3) is 5.91 Å². The number of hydrogen-bond acceptors (Lipinski definition) is 6. The van der Waals surface area contributed by atoms with Crippen LogP contribution in [0.25, 0.3) is 0 Å². The topological polar surface area (TPSA) is 82.2 Å². The van der Waals surface area contributed by atoms with Gasteiger partial charge in [-0.2, -0.15) is 4.31 Å². The van der Waals surface area contributed by atoms with Crippen LogP contribution in [-0.4, -0.2) is 101 Å². The molecule has 0 radical (unpaired) electrons. The summed E-state index contributed by atoms with van der Waals surface area (Å²) in [5.41, 5.74) is 0.368. The summed E-state index contributed by atoms with van der Waals surface area (Å²) in [6, 6.07) is 6.29. The van der Waals surface area contributed by atoms with Crippen molar-refractivity contribution in [3.63, 3.8) is 0 Å². The number of hydrogen-bond donors (Lipinski definition) is 1. The molecule has 27 heavy (non-hydrogen) atoms. The van der Waals surface area contributed by atoms with Crippen LogP contribution in [0.15, 0.2) is 29.2 Å². The molecule has 8 nitrogen and oxygen atoms in total. The maximum atomic E-state index is 12.8. The minimum absolute atomic E-state index is 0.174. The third kappa shape index (κ3) is 5.26. The van der Waals surface area contributed by atoms with Crippen molar-refractivity contribution in [3.05, 3.63) is 29.8 Å². The van der Waals surface area contributed by atoms with Crippen molar-refractivity contribution in [2.75, 3.05) is 72.6 Å². The van der Waals surface area contributed by atoms with E-state index in [2.05, 4.69) is 15.1 Å². The highest BCUT2D eigenvalue weighted by atomic mass is 32.2. The maximum Gasteiger partial charge on any atom is 0.251 e. The summed E-state index contributed by atoms with van der Waals surface area (Å²) in [6.07, 6.45) is 0. The number of morpholine rings is 1. The van der Waals surface area contributed by atoms with E-state index in [0.29, 0.717) is 38.3 Å². The molecule has 0 aromatic heterocycles. The van der Waals surface area contributed by atoms with E-state index >= 15 is 0 Å². The largest absolute Gasteiger partial charge is 0.379 e. The van der Waals surface area contributed by atoms with Gasteiger partial charge < -0.3 is 15.0 Å². The first-order valence-corrected chi connectivity index (χ1v) is 10.8. The first-order chi connectivity index (χ1) is 13.0. The Hall–Kier alpha value is -1.52. The number of nitrogens with zero attached hydrogens (tertiary/aromatic N) is 3. The van der Waals surface area contributed by atoms with Crippen LogP contribution in [0.1, 0.15) is 10.4 Å². The van der Waals surface area contributed by atoms with Gasteiger partial charge in [0.2, 0.25) is 10.0 Å². The van der Waals surface area contributed by atoms with E-state index in [1.165, 1.54) is 10.4 Å². The van der Waals surface area contributed by atoms with Crippen LogP contribution in [-0.2, 0) is 14.8 Å². The van der Waals surface area contributed by atoms with E-state index < -0.39 is 10.0 Å². The lowest BCUT2D eigenvalue weighted by atomic mass is 10.2. The van der Waals surface area contributed by atoms with Gasteiger partial charge in [0.05, 0.1) is 18.1 Å². The summed E-state index contributed by atoms with van der Waals surface area (Å²) in [4.78, 5) is 16.9. The molecule has 150 valence electrons. The third-order valence-electron chi connectivity index (χ3n) is 5.01. The Balaban J connectivity index is 1.59. The Bertz CT molecular complexity index is 741. The Morgan fingerprint density at radius 1 is 1.11 bits per heavy atom. The zero-order valence-electron chi connectivity index (χ0n) is 15.8. The van der Waals surface area contributed by atoms with Crippen molar-refractivity contribution < 1.29 is 17.9 Å². The van der Waals surface area contributed by atoms with Gasteiger partial charge in [0, 0.05) is 57.9 Å². The molecule has 0 atom stereocenters. The van der Waals surface area contributed by atoms with Crippen LogP contribution in [0.2, 0.25) is 0 Å². The summed E-state index contributed by atoms with van der Waals surface area (Å²) >= 11 is 0. The van der Waals surface area contributed by atoms with E-state index in [1.807, 2.05) is 7.05 Å². The number of piperazine rings is 1. The van der Waals surface area contributed by atoms with Gasteiger partial charge in [-0.1, -0.05) is 6.07 Å². The van der Waals surface area contributed by atoms with Crippen molar-refractivity contribution in [1.82, 2.24) is 19.4 Å². The molecule has 1 aromatic carbocycles. The standard InChI is InChI=1S/C18H28N4O4S/c1-20-7-9-22(10-8-20)27(24,25)17-4-2-3-16(15-17)18(23)19-5-6-21-11-13-26-14-12-21/h2-4,15H,5-14H2,1H3,(H,19,23). The predicted molar refractivity (Wildman–Crippen MR) is 102 cm³/mol. The Morgan fingerprint density at radius 2 is 1.81 bits per heavy atom. The number of sulfonamides is 1. The van der Waals surface area contributed by atoms with E-state index in [0.717, 1.165) is 32.8 Å². The first-order valence-electron chi connectivity index (χ1n) is 9.34. The van der Waals surface area contributed by atoms with E-state index in [4.69, 9.17) is 4.74 Å². The SMILES string of the molecule is CN1CCN(S(=O)(=O)c2cccc(C(=O)NCCN3CCOCC3)c2)CC1. The zero-order valence-corrected chi connectivity index (χ0v) is 16.6. The number of carbonyl (C=O) groups excluding carboxylic acids is 1. The van der Waals surface area contributed by atoms with Crippen LogP contribution in [0.4, 0.5) is 0 Å². The Morgan fingerprint density at radius 3 is 2.52 bits per heavy atom. The third-order valence-corrected chi connectivity index (χ3v) is 6.91. The highest BCUT2D eigenvalue weighted by Gasteiger charge is 2.27. The van der Waals surface area contributed by atoms with Crippen molar-refractivity contribution in [2.24, 2.45) is 0 Å². The minimum atomic E-state index is -3.57. The smallest absolute Gasteiger partial charge is 0.251 e. The van der Waals surface area contributed by atoms with Gasteiger partial charge in [-0.3, -0.25) is 9.69 Å². The first kappa shape index (κ1) is 20.2. The summed E-state index contributed by atoms with van der Waals surface area (Å²) in [6.45, 7) is 6.82. The molecule has 3 rings (SSSR count). The number of amides is 1. The number of likely N-dealkylation sites (N-methyl/N-ethyl adjacent to an activating group) is 1. The van der Waals surface area contributed by atoms with Gasteiger partial charge in [0.15, 0.2) is 0 Å². The van der Waals surface area contributed by atoms with Gasteiger partial charge >= 0.3 is 0 Å². The fraction of sp³-hybridized carbons (Fsp3) is 0.611. The molecule has 2 aliphatic heterocycles. The number of carbonyl (C=O) groups is 1. The normalized spacial score (nSPS) is 20.5. The van der Waals surface area contributed by atoms with Crippen LogP contribution in [0.3, 0.4) is 0 Å². The second-order valence-corrected chi connectivity index (χ2v) is 8.88. The average Bonchev–Trinajstić information content (AvgIpc) is 2.69. The lowest BCUT2D eigenvalue weighted by Gasteiger charge is -2.31. The number of nitrogens with one attached hydrogen (secondary N) is 1. The van der Waals surface area contributed by atoms with Crippen LogP contribution >= 0.6 is 0 Å². The second-order valence-electron chi connectivity index (χ2n) is 6.95. The predicted octanol–water partition coefficient (Wildman–Crippen LogP) is -0.315. The van der Waals surface area contributed by atoms with Crippen LogP contribution in [0.5, 0.6) is 0 Å². The molecule has 2 fully saturated rings. The Labute approximate surface area is 161 Å². The molecule has 1 aromatic rings. The number of ether oxygens (including phenoxy) is 1. The molecule has 0 saturated carbocycles. The van der Waals surface area contributed by atoms with Crippen molar-refractivity contribution >= 4 is 15.9 Å². The lowest BCUT2D eigenvalue weighted by molar-refractivity contribution is 0.0383. The highest BCUT2D eigenvalue weighted by molar-refractivity contribution is 7.89. The van der Waals surface area contributed by atoms with E-state index in [9.17, 15) is 13.2 Å². The molecular formula is C18H28N4O4S. The fourth-order valence-corrected chi connectivity index (χ4v) is 4.70. The maximum absolute atomic E-state index is 12.8. The molecule has 1 amide bonds. The molecule has 0 spiro atoms. The zero-order chi connectivity index (χ0) is 19.3. The van der Waals surface area contributed by atoms with Gasteiger partial charge in [0.1, 0.15) is 0 Å². The van der Waals surface area contributed by atoms with Gasteiger partial charge in [-0.25, -0.2) is 8.42 Å². The molecule has 9 heteroatoms. The quantitative estimate of drug-likeness (QED) is 0.710.